The molecular formula is C14H24BrNS. The van der Waals surface area contributed by atoms with Crippen molar-refractivity contribution in [2.45, 2.75) is 52.5 Å². The molecule has 3 heteroatoms. The van der Waals surface area contributed by atoms with Gasteiger partial charge in [-0.1, -0.05) is 27.2 Å². The first-order valence-electron chi connectivity index (χ1n) is 6.63. The summed E-state index contributed by atoms with van der Waals surface area (Å²) in [6.45, 7) is 8.00. The Kier molecular flexibility index (Phi) is 7.40. The molecule has 0 aliphatic heterocycles. The summed E-state index contributed by atoms with van der Waals surface area (Å²) in [5.41, 5.74) is 0. The zero-order valence-electron chi connectivity index (χ0n) is 11.1. The Labute approximate surface area is 118 Å². The third kappa shape index (κ3) is 6.03. The summed E-state index contributed by atoms with van der Waals surface area (Å²) in [6, 6.07) is 5.04. The smallest absolute Gasteiger partial charge is 0.0701 e. The predicted molar refractivity (Wildman–Crippen MR) is 81.9 cm³/mol. The van der Waals surface area contributed by atoms with Crippen LogP contribution in [0.3, 0.4) is 0 Å². The SMILES string of the molecule is CCC(C)CC(CC)NCCc1ccc(Br)s1. The molecule has 17 heavy (non-hydrogen) atoms. The molecular weight excluding hydrogens is 294 g/mol. The van der Waals surface area contributed by atoms with E-state index in [1.807, 2.05) is 11.3 Å². The van der Waals surface area contributed by atoms with Gasteiger partial charge in [-0.3, -0.25) is 0 Å². The van der Waals surface area contributed by atoms with Gasteiger partial charge in [0.2, 0.25) is 0 Å². The second kappa shape index (κ2) is 8.28. The molecule has 0 spiro atoms. The van der Waals surface area contributed by atoms with Crippen LogP contribution in [0.5, 0.6) is 0 Å². The van der Waals surface area contributed by atoms with Gasteiger partial charge < -0.3 is 5.32 Å². The Balaban J connectivity index is 2.23. The highest BCUT2D eigenvalue weighted by Gasteiger charge is 2.09. The number of thiophene rings is 1. The molecule has 0 fully saturated rings. The molecule has 98 valence electrons. The van der Waals surface area contributed by atoms with Crippen molar-refractivity contribution in [3.05, 3.63) is 20.8 Å². The van der Waals surface area contributed by atoms with E-state index in [0.29, 0.717) is 6.04 Å². The van der Waals surface area contributed by atoms with Crippen LogP contribution in [0.25, 0.3) is 0 Å². The monoisotopic (exact) mass is 317 g/mol. The Morgan fingerprint density at radius 3 is 2.59 bits per heavy atom. The normalized spacial score (nSPS) is 14.8. The maximum Gasteiger partial charge on any atom is 0.0701 e. The maximum atomic E-state index is 3.68. The fraction of sp³-hybridized carbons (Fsp3) is 0.714. The summed E-state index contributed by atoms with van der Waals surface area (Å²) in [6.07, 6.45) is 4.98. The van der Waals surface area contributed by atoms with Crippen LogP contribution in [0.15, 0.2) is 15.9 Å². The molecule has 0 saturated heterocycles. The largest absolute Gasteiger partial charge is 0.314 e. The summed E-state index contributed by atoms with van der Waals surface area (Å²) in [4.78, 5) is 1.46. The van der Waals surface area contributed by atoms with E-state index in [4.69, 9.17) is 0 Å². The lowest BCUT2D eigenvalue weighted by molar-refractivity contribution is 0.387. The lowest BCUT2D eigenvalue weighted by atomic mass is 9.98. The molecule has 1 aromatic rings. The molecule has 0 radical (unpaired) electrons. The highest BCUT2D eigenvalue weighted by Crippen LogP contribution is 2.22. The number of hydrogen-bond acceptors (Lipinski definition) is 2. The van der Waals surface area contributed by atoms with Crippen molar-refractivity contribution in [2.24, 2.45) is 5.92 Å². The van der Waals surface area contributed by atoms with Crippen LogP contribution >= 0.6 is 27.3 Å². The number of hydrogen-bond donors (Lipinski definition) is 1. The Hall–Kier alpha value is 0.140. The number of halogens is 1. The molecule has 0 aromatic carbocycles. The van der Waals surface area contributed by atoms with Gasteiger partial charge in [0, 0.05) is 17.5 Å². The third-order valence-electron chi connectivity index (χ3n) is 3.31. The van der Waals surface area contributed by atoms with E-state index in [9.17, 15) is 0 Å². The van der Waals surface area contributed by atoms with Crippen LogP contribution < -0.4 is 5.32 Å². The van der Waals surface area contributed by atoms with Gasteiger partial charge in [-0.05, 0) is 53.2 Å². The molecule has 1 N–H and O–H groups in total. The second-order valence-corrected chi connectivity index (χ2v) is 7.31. The van der Waals surface area contributed by atoms with Crippen LogP contribution in [0.4, 0.5) is 0 Å². The lowest BCUT2D eigenvalue weighted by Crippen LogP contribution is -2.31. The minimum absolute atomic E-state index is 0.688. The van der Waals surface area contributed by atoms with E-state index >= 15 is 0 Å². The summed E-state index contributed by atoms with van der Waals surface area (Å²) >= 11 is 5.35. The molecule has 0 aliphatic rings. The van der Waals surface area contributed by atoms with Crippen LogP contribution in [0, 0.1) is 5.92 Å². The minimum Gasteiger partial charge on any atom is -0.314 e. The highest BCUT2D eigenvalue weighted by atomic mass is 79.9. The van der Waals surface area contributed by atoms with E-state index in [-0.39, 0.29) is 0 Å². The Bertz CT molecular complexity index is 311. The first kappa shape index (κ1) is 15.2. The van der Waals surface area contributed by atoms with Crippen molar-refractivity contribution in [3.63, 3.8) is 0 Å². The van der Waals surface area contributed by atoms with Crippen LogP contribution in [0.2, 0.25) is 0 Å². The molecule has 1 aromatic heterocycles. The number of nitrogens with one attached hydrogen (secondary N) is 1. The molecule has 2 unspecified atom stereocenters. The van der Waals surface area contributed by atoms with Crippen LogP contribution in [-0.2, 0) is 6.42 Å². The van der Waals surface area contributed by atoms with Crippen molar-refractivity contribution in [1.82, 2.24) is 5.32 Å². The van der Waals surface area contributed by atoms with E-state index in [0.717, 1.165) is 18.9 Å². The van der Waals surface area contributed by atoms with E-state index in [1.165, 1.54) is 27.9 Å². The maximum absolute atomic E-state index is 3.68. The zero-order valence-corrected chi connectivity index (χ0v) is 13.5. The summed E-state index contributed by atoms with van der Waals surface area (Å²) in [5.74, 6) is 0.836. The highest BCUT2D eigenvalue weighted by molar-refractivity contribution is 9.11. The summed E-state index contributed by atoms with van der Waals surface area (Å²) < 4.78 is 1.24. The molecule has 0 saturated carbocycles. The average molecular weight is 318 g/mol. The van der Waals surface area contributed by atoms with Gasteiger partial charge in [-0.2, -0.15) is 0 Å². The van der Waals surface area contributed by atoms with Crippen molar-refractivity contribution in [1.29, 1.82) is 0 Å². The van der Waals surface area contributed by atoms with E-state index < -0.39 is 0 Å². The van der Waals surface area contributed by atoms with Crippen LogP contribution in [-0.4, -0.2) is 12.6 Å². The fourth-order valence-corrected chi connectivity index (χ4v) is 3.41. The van der Waals surface area contributed by atoms with E-state index in [1.54, 1.807) is 0 Å². The molecule has 0 aliphatic carbocycles. The first-order chi connectivity index (χ1) is 8.15. The zero-order chi connectivity index (χ0) is 12.7. The van der Waals surface area contributed by atoms with E-state index in [2.05, 4.69) is 54.2 Å². The van der Waals surface area contributed by atoms with Gasteiger partial charge >= 0.3 is 0 Å². The van der Waals surface area contributed by atoms with Crippen LogP contribution in [0.1, 0.15) is 44.9 Å². The molecule has 0 bridgehead atoms. The minimum atomic E-state index is 0.688. The van der Waals surface area contributed by atoms with Gasteiger partial charge in [-0.25, -0.2) is 0 Å². The summed E-state index contributed by atoms with van der Waals surface area (Å²) in [7, 11) is 0. The van der Waals surface area contributed by atoms with Crippen molar-refractivity contribution in [2.75, 3.05) is 6.54 Å². The lowest BCUT2D eigenvalue weighted by Gasteiger charge is -2.20. The Morgan fingerprint density at radius 1 is 1.29 bits per heavy atom. The van der Waals surface area contributed by atoms with Gasteiger partial charge in [0.1, 0.15) is 0 Å². The van der Waals surface area contributed by atoms with Gasteiger partial charge in [-0.15, -0.1) is 11.3 Å². The summed E-state index contributed by atoms with van der Waals surface area (Å²) in [5, 5.41) is 3.68. The quantitative estimate of drug-likeness (QED) is 0.722. The second-order valence-electron chi connectivity index (χ2n) is 4.76. The van der Waals surface area contributed by atoms with Crippen molar-refractivity contribution in [3.8, 4) is 0 Å². The number of rotatable bonds is 8. The topological polar surface area (TPSA) is 12.0 Å². The standard InChI is InChI=1S/C14H24BrNS/c1-4-11(3)10-12(5-2)16-9-8-13-6-7-14(15)17-13/h6-7,11-12,16H,4-5,8-10H2,1-3H3. The molecule has 0 amide bonds. The molecule has 2 atom stereocenters. The van der Waals surface area contributed by atoms with Gasteiger partial charge in [0.15, 0.2) is 0 Å². The molecule has 1 heterocycles. The van der Waals surface area contributed by atoms with Crippen molar-refractivity contribution < 1.29 is 0 Å². The Morgan fingerprint density at radius 2 is 2.06 bits per heavy atom. The fourth-order valence-electron chi connectivity index (χ4n) is 1.93. The van der Waals surface area contributed by atoms with Gasteiger partial charge in [0.25, 0.3) is 0 Å². The van der Waals surface area contributed by atoms with Crippen molar-refractivity contribution >= 4 is 27.3 Å². The first-order valence-corrected chi connectivity index (χ1v) is 8.24. The molecule has 1 nitrogen and oxygen atoms in total. The average Bonchev–Trinajstić information content (AvgIpc) is 2.73. The van der Waals surface area contributed by atoms with Gasteiger partial charge in [0.05, 0.1) is 3.79 Å². The third-order valence-corrected chi connectivity index (χ3v) is 4.99. The molecule has 1 rings (SSSR count). The predicted octanol–water partition coefficient (Wildman–Crippen LogP) is 4.86.